The third-order valence-electron chi connectivity index (χ3n) is 3.59. The molecule has 0 saturated carbocycles. The van der Waals surface area contributed by atoms with E-state index in [0.29, 0.717) is 0 Å². The van der Waals surface area contributed by atoms with Crippen LogP contribution in [0.2, 0.25) is 0 Å². The average molecular weight is 203 g/mol. The minimum atomic E-state index is 0.742. The van der Waals surface area contributed by atoms with E-state index in [4.69, 9.17) is 4.42 Å². The smallest absolute Gasteiger partial charge is 0.131 e. The molecule has 0 aromatic carbocycles. The van der Waals surface area contributed by atoms with Crippen LogP contribution in [0.1, 0.15) is 31.3 Å². The van der Waals surface area contributed by atoms with Crippen molar-refractivity contribution >= 4 is 5.57 Å². The van der Waals surface area contributed by atoms with Crippen LogP contribution >= 0.6 is 0 Å². The van der Waals surface area contributed by atoms with E-state index >= 15 is 0 Å². The molecule has 1 aromatic heterocycles. The third-order valence-corrected chi connectivity index (χ3v) is 3.59. The van der Waals surface area contributed by atoms with Crippen LogP contribution in [0.15, 0.2) is 22.7 Å². The van der Waals surface area contributed by atoms with Crippen LogP contribution in [-0.4, -0.2) is 18.0 Å². The van der Waals surface area contributed by atoms with Gasteiger partial charge < -0.3 is 9.32 Å². The zero-order valence-corrected chi connectivity index (χ0v) is 9.20. The summed E-state index contributed by atoms with van der Waals surface area (Å²) in [5.41, 5.74) is 1.42. The molecule has 4 heterocycles. The Morgan fingerprint density at radius 3 is 2.67 bits per heavy atom. The van der Waals surface area contributed by atoms with Crippen molar-refractivity contribution in [2.75, 3.05) is 13.1 Å². The molecule has 3 aliphatic rings. The highest BCUT2D eigenvalue weighted by molar-refractivity contribution is 5.65. The van der Waals surface area contributed by atoms with E-state index in [2.05, 4.69) is 30.2 Å². The molecule has 2 bridgehead atoms. The summed E-state index contributed by atoms with van der Waals surface area (Å²) in [6, 6.07) is 4.24. The molecule has 1 aromatic rings. The predicted octanol–water partition coefficient (Wildman–Crippen LogP) is 2.91. The molecule has 2 nitrogen and oxygen atoms in total. The van der Waals surface area contributed by atoms with E-state index < -0.39 is 0 Å². The number of nitrogens with zero attached hydrogens (tertiary/aromatic N) is 1. The standard InChI is InChI=1S/C13H17NO/c1-2-11-3-4-13(15-11)12-9-14-7-5-10(12)6-8-14/h3-4,9-10H,2,5-8H2,1H3. The molecular formula is C13H17NO. The molecular weight excluding hydrogens is 186 g/mol. The summed E-state index contributed by atoms with van der Waals surface area (Å²) in [6.07, 6.45) is 5.89. The molecule has 0 unspecified atom stereocenters. The molecule has 0 N–H and O–H groups in total. The van der Waals surface area contributed by atoms with Gasteiger partial charge in [0.2, 0.25) is 0 Å². The van der Waals surface area contributed by atoms with E-state index in [-0.39, 0.29) is 0 Å². The molecule has 1 saturated heterocycles. The van der Waals surface area contributed by atoms with Gasteiger partial charge in [-0.1, -0.05) is 6.92 Å². The predicted molar refractivity (Wildman–Crippen MR) is 60.4 cm³/mol. The Morgan fingerprint density at radius 1 is 1.33 bits per heavy atom. The lowest BCUT2D eigenvalue weighted by Gasteiger charge is -2.38. The fourth-order valence-corrected chi connectivity index (χ4v) is 2.63. The zero-order chi connectivity index (χ0) is 10.3. The molecule has 3 aliphatic heterocycles. The number of furan rings is 1. The van der Waals surface area contributed by atoms with Gasteiger partial charge in [0.05, 0.1) is 0 Å². The van der Waals surface area contributed by atoms with Gasteiger partial charge in [-0.15, -0.1) is 0 Å². The Hall–Kier alpha value is -1.18. The first-order chi connectivity index (χ1) is 7.36. The van der Waals surface area contributed by atoms with Crippen molar-refractivity contribution < 1.29 is 4.42 Å². The number of aryl methyl sites for hydroxylation is 1. The Bertz CT molecular complexity index is 383. The van der Waals surface area contributed by atoms with E-state index in [0.717, 1.165) is 23.9 Å². The highest BCUT2D eigenvalue weighted by Gasteiger charge is 2.29. The fraction of sp³-hybridized carbons (Fsp3) is 0.538. The zero-order valence-electron chi connectivity index (χ0n) is 9.20. The normalized spacial score (nSPS) is 20.9. The topological polar surface area (TPSA) is 16.4 Å². The molecule has 2 heteroatoms. The monoisotopic (exact) mass is 203 g/mol. The average Bonchev–Trinajstić information content (AvgIpc) is 2.79. The molecule has 0 aliphatic carbocycles. The summed E-state index contributed by atoms with van der Waals surface area (Å²) < 4.78 is 5.83. The van der Waals surface area contributed by atoms with Crippen molar-refractivity contribution in [3.63, 3.8) is 0 Å². The Morgan fingerprint density at radius 2 is 2.13 bits per heavy atom. The highest BCUT2D eigenvalue weighted by atomic mass is 16.3. The highest BCUT2D eigenvalue weighted by Crippen LogP contribution is 2.37. The Labute approximate surface area is 90.6 Å². The lowest BCUT2D eigenvalue weighted by molar-refractivity contribution is 0.249. The lowest BCUT2D eigenvalue weighted by atomic mass is 9.85. The molecule has 0 atom stereocenters. The summed E-state index contributed by atoms with van der Waals surface area (Å²) in [7, 11) is 0. The first kappa shape index (κ1) is 9.08. The van der Waals surface area contributed by atoms with Crippen molar-refractivity contribution in [2.24, 2.45) is 5.92 Å². The summed E-state index contributed by atoms with van der Waals surface area (Å²) in [6.45, 7) is 4.60. The molecule has 0 amide bonds. The van der Waals surface area contributed by atoms with Gasteiger partial charge in [-0.25, -0.2) is 0 Å². The molecule has 0 radical (unpaired) electrons. The van der Waals surface area contributed by atoms with Gasteiger partial charge in [0.15, 0.2) is 0 Å². The molecule has 80 valence electrons. The van der Waals surface area contributed by atoms with Gasteiger partial charge in [-0.2, -0.15) is 0 Å². The third kappa shape index (κ3) is 1.48. The van der Waals surface area contributed by atoms with Gasteiger partial charge in [0.25, 0.3) is 0 Å². The van der Waals surface area contributed by atoms with Crippen molar-refractivity contribution in [1.29, 1.82) is 0 Å². The van der Waals surface area contributed by atoms with Crippen LogP contribution in [0.4, 0.5) is 0 Å². The first-order valence-electron chi connectivity index (χ1n) is 5.91. The van der Waals surface area contributed by atoms with Crippen molar-refractivity contribution in [3.8, 4) is 0 Å². The number of piperidine rings is 1. The molecule has 4 rings (SSSR count). The molecule has 0 spiro atoms. The van der Waals surface area contributed by atoms with Gasteiger partial charge in [0.1, 0.15) is 11.5 Å². The van der Waals surface area contributed by atoms with Crippen LogP contribution in [0.5, 0.6) is 0 Å². The summed E-state index contributed by atoms with van der Waals surface area (Å²) >= 11 is 0. The van der Waals surface area contributed by atoms with Crippen molar-refractivity contribution in [1.82, 2.24) is 4.90 Å². The fourth-order valence-electron chi connectivity index (χ4n) is 2.63. The summed E-state index contributed by atoms with van der Waals surface area (Å²) in [5, 5.41) is 0. The SMILES string of the molecule is CCc1ccc(C2=CN3CCC2CC3)o1. The number of allylic oxidation sites excluding steroid dienone is 1. The van der Waals surface area contributed by atoms with Crippen LogP contribution in [-0.2, 0) is 6.42 Å². The second kappa shape index (κ2) is 3.44. The Kier molecular flexibility index (Phi) is 2.08. The quantitative estimate of drug-likeness (QED) is 0.734. The summed E-state index contributed by atoms with van der Waals surface area (Å²) in [5.74, 6) is 2.94. The maximum Gasteiger partial charge on any atom is 0.131 e. The van der Waals surface area contributed by atoms with Crippen LogP contribution in [0.25, 0.3) is 5.57 Å². The maximum absolute atomic E-state index is 5.83. The van der Waals surface area contributed by atoms with Gasteiger partial charge in [-0.05, 0) is 30.9 Å². The minimum absolute atomic E-state index is 0.742. The van der Waals surface area contributed by atoms with E-state index in [1.807, 2.05) is 0 Å². The van der Waals surface area contributed by atoms with Crippen LogP contribution in [0, 0.1) is 5.92 Å². The summed E-state index contributed by atoms with van der Waals surface area (Å²) in [4.78, 5) is 2.42. The number of hydrogen-bond donors (Lipinski definition) is 0. The van der Waals surface area contributed by atoms with E-state index in [9.17, 15) is 0 Å². The first-order valence-corrected chi connectivity index (χ1v) is 5.91. The second-order valence-corrected chi connectivity index (χ2v) is 4.51. The maximum atomic E-state index is 5.83. The number of rotatable bonds is 2. The minimum Gasteiger partial charge on any atom is -0.461 e. The van der Waals surface area contributed by atoms with Crippen LogP contribution < -0.4 is 0 Å². The number of hydrogen-bond acceptors (Lipinski definition) is 2. The largest absolute Gasteiger partial charge is 0.461 e. The molecule has 15 heavy (non-hydrogen) atoms. The van der Waals surface area contributed by atoms with E-state index in [1.54, 1.807) is 0 Å². The number of fused-ring (bicyclic) bond motifs is 2. The van der Waals surface area contributed by atoms with Gasteiger partial charge >= 0.3 is 0 Å². The van der Waals surface area contributed by atoms with Gasteiger partial charge in [0, 0.05) is 31.3 Å². The van der Waals surface area contributed by atoms with E-state index in [1.165, 1.54) is 31.5 Å². The van der Waals surface area contributed by atoms with Crippen LogP contribution in [0.3, 0.4) is 0 Å². The Balaban J connectivity index is 1.93. The molecule has 1 fully saturated rings. The lowest BCUT2D eigenvalue weighted by Crippen LogP contribution is -2.35. The second-order valence-electron chi connectivity index (χ2n) is 4.51. The van der Waals surface area contributed by atoms with Crippen molar-refractivity contribution in [2.45, 2.75) is 26.2 Å². The van der Waals surface area contributed by atoms with Crippen molar-refractivity contribution in [3.05, 3.63) is 29.9 Å². The van der Waals surface area contributed by atoms with Gasteiger partial charge in [-0.3, -0.25) is 0 Å².